The average Bonchev–Trinajstić information content (AvgIpc) is 3.01. The Hall–Kier alpha value is -1.34. The lowest BCUT2D eigenvalue weighted by Crippen LogP contribution is -2.34. The molecule has 1 aliphatic rings. The van der Waals surface area contributed by atoms with E-state index in [0.29, 0.717) is 0 Å². The third-order valence-electron chi connectivity index (χ3n) is 2.07. The number of aromatic nitrogens is 2. The van der Waals surface area contributed by atoms with Gasteiger partial charge in [0.1, 0.15) is 17.9 Å². The predicted molar refractivity (Wildman–Crippen MR) is 52.1 cm³/mol. The lowest BCUT2D eigenvalue weighted by Gasteiger charge is -2.11. The molecule has 80 valence electrons. The Labute approximate surface area is 87.0 Å². The Morgan fingerprint density at radius 3 is 2.53 bits per heavy atom. The molecule has 1 aromatic heterocycles. The highest BCUT2D eigenvalue weighted by Gasteiger charge is 2.30. The van der Waals surface area contributed by atoms with Gasteiger partial charge in [0.25, 0.3) is 0 Å². The predicted octanol–water partition coefficient (Wildman–Crippen LogP) is -1.29. The van der Waals surface area contributed by atoms with Gasteiger partial charge in [-0.25, -0.2) is 9.97 Å². The summed E-state index contributed by atoms with van der Waals surface area (Å²) in [6, 6.07) is 0. The van der Waals surface area contributed by atoms with Crippen LogP contribution in [0.3, 0.4) is 0 Å². The quantitative estimate of drug-likeness (QED) is 0.601. The van der Waals surface area contributed by atoms with E-state index in [4.69, 9.17) is 19.5 Å². The molecule has 1 aliphatic carbocycles. The van der Waals surface area contributed by atoms with Crippen LogP contribution in [-0.4, -0.2) is 40.3 Å². The first kappa shape index (κ1) is 10.2. The summed E-state index contributed by atoms with van der Waals surface area (Å²) in [5.41, 5.74) is 0.0758. The fourth-order valence-corrected chi connectivity index (χ4v) is 1.19. The van der Waals surface area contributed by atoms with Crippen molar-refractivity contribution in [1.29, 1.82) is 0 Å². The summed E-state index contributed by atoms with van der Waals surface area (Å²) in [4.78, 5) is 7.63. The summed E-state index contributed by atoms with van der Waals surface area (Å²) < 4.78 is 10.3. The summed E-state index contributed by atoms with van der Waals surface area (Å²) >= 11 is 0. The second kappa shape index (κ2) is 4.04. The zero-order valence-electron chi connectivity index (χ0n) is 8.25. The standard InChI is InChI=1S/C8H11BN2O4/c1-14-7-6(9(12)13)8(11-4-10-7)15-5-2-3-5/h4-5,12-13H,2-3H2,1H3. The Kier molecular flexibility index (Phi) is 2.74. The molecule has 0 amide bonds. The molecule has 6 nitrogen and oxygen atoms in total. The van der Waals surface area contributed by atoms with Gasteiger partial charge in [-0.05, 0) is 12.8 Å². The summed E-state index contributed by atoms with van der Waals surface area (Å²) in [5, 5.41) is 18.3. The van der Waals surface area contributed by atoms with Gasteiger partial charge < -0.3 is 19.5 Å². The van der Waals surface area contributed by atoms with Crippen LogP contribution >= 0.6 is 0 Å². The van der Waals surface area contributed by atoms with Gasteiger partial charge in [0.15, 0.2) is 0 Å². The number of methoxy groups -OCH3 is 1. The summed E-state index contributed by atoms with van der Waals surface area (Å²) in [7, 11) is -0.301. The minimum atomic E-state index is -1.70. The molecule has 0 aromatic carbocycles. The Balaban J connectivity index is 2.32. The fraction of sp³-hybridized carbons (Fsp3) is 0.500. The van der Waals surface area contributed by atoms with E-state index in [1.54, 1.807) is 0 Å². The number of hydrogen-bond donors (Lipinski definition) is 2. The number of ether oxygens (including phenoxy) is 2. The molecule has 0 atom stereocenters. The van der Waals surface area contributed by atoms with E-state index in [0.717, 1.165) is 12.8 Å². The van der Waals surface area contributed by atoms with Crippen molar-refractivity contribution in [3.63, 3.8) is 0 Å². The van der Waals surface area contributed by atoms with E-state index in [2.05, 4.69) is 9.97 Å². The molecule has 0 aliphatic heterocycles. The van der Waals surface area contributed by atoms with Gasteiger partial charge in [0.2, 0.25) is 11.8 Å². The molecule has 0 bridgehead atoms. The smallest absolute Gasteiger partial charge is 0.481 e. The van der Waals surface area contributed by atoms with Crippen LogP contribution in [0.2, 0.25) is 0 Å². The van der Waals surface area contributed by atoms with Crippen molar-refractivity contribution < 1.29 is 19.5 Å². The summed E-state index contributed by atoms with van der Waals surface area (Å²) in [5.74, 6) is 0.301. The normalized spacial score (nSPS) is 14.9. The van der Waals surface area contributed by atoms with E-state index < -0.39 is 7.12 Å². The van der Waals surface area contributed by atoms with E-state index in [1.165, 1.54) is 13.4 Å². The zero-order chi connectivity index (χ0) is 10.8. The highest BCUT2D eigenvalue weighted by Crippen LogP contribution is 2.25. The van der Waals surface area contributed by atoms with Crippen LogP contribution in [0, 0.1) is 0 Å². The maximum atomic E-state index is 9.17. The van der Waals surface area contributed by atoms with Crippen LogP contribution in [0.1, 0.15) is 12.8 Å². The molecule has 2 N–H and O–H groups in total. The van der Waals surface area contributed by atoms with E-state index in [-0.39, 0.29) is 23.3 Å². The van der Waals surface area contributed by atoms with Crippen LogP contribution in [0.5, 0.6) is 11.8 Å². The van der Waals surface area contributed by atoms with Crippen LogP contribution in [0.15, 0.2) is 6.33 Å². The average molecular weight is 210 g/mol. The fourth-order valence-electron chi connectivity index (χ4n) is 1.19. The molecule has 0 unspecified atom stereocenters. The SMILES string of the molecule is COc1ncnc(OC2CC2)c1B(O)O. The number of nitrogens with zero attached hydrogens (tertiary/aromatic N) is 2. The first-order valence-corrected chi connectivity index (χ1v) is 4.64. The van der Waals surface area contributed by atoms with Crippen molar-refractivity contribution in [2.45, 2.75) is 18.9 Å². The topological polar surface area (TPSA) is 84.7 Å². The van der Waals surface area contributed by atoms with Gasteiger partial charge in [-0.2, -0.15) is 0 Å². The van der Waals surface area contributed by atoms with Crippen molar-refractivity contribution in [3.05, 3.63) is 6.33 Å². The molecule has 0 radical (unpaired) electrons. The highest BCUT2D eigenvalue weighted by molar-refractivity contribution is 6.60. The molecule has 1 aromatic rings. The molecule has 7 heteroatoms. The number of rotatable bonds is 4. The van der Waals surface area contributed by atoms with Crippen molar-refractivity contribution in [2.75, 3.05) is 7.11 Å². The first-order valence-electron chi connectivity index (χ1n) is 4.64. The molecule has 0 saturated heterocycles. The minimum Gasteiger partial charge on any atom is -0.481 e. The van der Waals surface area contributed by atoms with Crippen molar-refractivity contribution in [2.24, 2.45) is 0 Å². The van der Waals surface area contributed by atoms with Crippen LogP contribution < -0.4 is 14.9 Å². The Morgan fingerprint density at radius 2 is 2.00 bits per heavy atom. The van der Waals surface area contributed by atoms with E-state index in [1.807, 2.05) is 0 Å². The van der Waals surface area contributed by atoms with Gasteiger partial charge in [-0.1, -0.05) is 0 Å². The summed E-state index contributed by atoms with van der Waals surface area (Å²) in [6.07, 6.45) is 3.32. The maximum absolute atomic E-state index is 9.17. The first-order chi connectivity index (χ1) is 7.22. The second-order valence-electron chi connectivity index (χ2n) is 3.29. The second-order valence-corrected chi connectivity index (χ2v) is 3.29. The number of hydrogen-bond acceptors (Lipinski definition) is 6. The molecular weight excluding hydrogens is 199 g/mol. The Bertz CT molecular complexity index is 356. The lowest BCUT2D eigenvalue weighted by atomic mass is 9.81. The van der Waals surface area contributed by atoms with Gasteiger partial charge in [0, 0.05) is 0 Å². The Morgan fingerprint density at radius 1 is 1.33 bits per heavy atom. The monoisotopic (exact) mass is 210 g/mol. The van der Waals surface area contributed by atoms with E-state index in [9.17, 15) is 0 Å². The third-order valence-corrected chi connectivity index (χ3v) is 2.07. The van der Waals surface area contributed by atoms with Crippen LogP contribution in [-0.2, 0) is 0 Å². The van der Waals surface area contributed by atoms with Crippen molar-refractivity contribution >= 4 is 12.6 Å². The minimum absolute atomic E-state index is 0.0758. The molecule has 1 saturated carbocycles. The molecule has 15 heavy (non-hydrogen) atoms. The zero-order valence-corrected chi connectivity index (χ0v) is 8.25. The maximum Gasteiger partial charge on any atom is 0.499 e. The van der Waals surface area contributed by atoms with Gasteiger partial charge in [-0.15, -0.1) is 0 Å². The molecule has 2 rings (SSSR count). The third kappa shape index (κ3) is 2.19. The summed E-state index contributed by atoms with van der Waals surface area (Å²) in [6.45, 7) is 0. The molecular formula is C8H11BN2O4. The van der Waals surface area contributed by atoms with E-state index >= 15 is 0 Å². The van der Waals surface area contributed by atoms with Crippen LogP contribution in [0.25, 0.3) is 0 Å². The molecule has 1 fully saturated rings. The molecule has 1 heterocycles. The van der Waals surface area contributed by atoms with Crippen molar-refractivity contribution in [1.82, 2.24) is 9.97 Å². The lowest BCUT2D eigenvalue weighted by molar-refractivity contribution is 0.288. The van der Waals surface area contributed by atoms with Gasteiger partial charge >= 0.3 is 7.12 Å². The van der Waals surface area contributed by atoms with Gasteiger partial charge in [-0.3, -0.25) is 0 Å². The van der Waals surface area contributed by atoms with Crippen molar-refractivity contribution in [3.8, 4) is 11.8 Å². The van der Waals surface area contributed by atoms with Crippen LogP contribution in [0.4, 0.5) is 0 Å². The largest absolute Gasteiger partial charge is 0.499 e. The highest BCUT2D eigenvalue weighted by atomic mass is 16.5. The molecule has 0 spiro atoms. The van der Waals surface area contributed by atoms with Gasteiger partial charge in [0.05, 0.1) is 7.11 Å².